The summed E-state index contributed by atoms with van der Waals surface area (Å²) in [6.07, 6.45) is 5.84. The number of carboxylic acid groups (broad SMARTS) is 1. The smallest absolute Gasteiger partial charge is 0.313 e. The van der Waals surface area contributed by atoms with Crippen LogP contribution in [0.15, 0.2) is 30.3 Å². The number of hydrogen-bond donors (Lipinski definition) is 3. The molecule has 3 unspecified atom stereocenters. The van der Waals surface area contributed by atoms with Gasteiger partial charge >= 0.3 is 5.97 Å². The molecule has 9 nitrogen and oxygen atoms in total. The number of nitrogens with two attached hydrogens (primary N) is 1. The lowest BCUT2D eigenvalue weighted by molar-refractivity contribution is -0.144. The van der Waals surface area contributed by atoms with Crippen molar-refractivity contribution >= 4 is 35.5 Å². The quantitative estimate of drug-likeness (QED) is 0.395. The Balaban J connectivity index is 2.11. The lowest BCUT2D eigenvalue weighted by atomic mass is 9.97. The number of likely N-dealkylation sites (tertiary alicyclic amines) is 1. The predicted molar refractivity (Wildman–Crippen MR) is 120 cm³/mol. The van der Waals surface area contributed by atoms with Crippen LogP contribution in [-0.4, -0.2) is 76.5 Å². The summed E-state index contributed by atoms with van der Waals surface area (Å²) in [7, 11) is 0. The number of nitrogens with zero attached hydrogens (tertiary/aromatic N) is 1. The molecule has 1 aliphatic heterocycles. The summed E-state index contributed by atoms with van der Waals surface area (Å²) in [5.74, 6) is -0.494. The minimum Gasteiger partial charge on any atom is -0.481 e. The van der Waals surface area contributed by atoms with Crippen molar-refractivity contribution in [2.45, 2.75) is 37.5 Å². The number of aliphatic carboxylic acids is 1. The SMILES string of the molecule is C#CCOC1CCN(C(=O)CSCC(=O)O)C(C(=O)NC(Cc2ccccc2)C(N)=O)C1. The van der Waals surface area contributed by atoms with Crippen molar-refractivity contribution in [2.75, 3.05) is 24.7 Å². The number of amides is 3. The summed E-state index contributed by atoms with van der Waals surface area (Å²) < 4.78 is 5.57. The average Bonchev–Trinajstić information content (AvgIpc) is 2.77. The standard InChI is InChI=1S/C22H27N3O6S/c1-2-10-31-16-8-9-25(19(26)13-32-14-20(27)28)18(12-16)22(30)24-17(21(23)29)11-15-6-4-3-5-7-15/h1,3-7,16-18H,8-14H2,(H2,23,29)(H,24,30)(H,27,28). The van der Waals surface area contributed by atoms with E-state index in [9.17, 15) is 19.2 Å². The number of carboxylic acids is 1. The minimum atomic E-state index is -1.02. The zero-order valence-corrected chi connectivity index (χ0v) is 18.4. The third-order valence-corrected chi connectivity index (χ3v) is 5.88. The highest BCUT2D eigenvalue weighted by molar-refractivity contribution is 8.00. The number of benzene rings is 1. The molecule has 172 valence electrons. The van der Waals surface area contributed by atoms with Crippen LogP contribution in [0.4, 0.5) is 0 Å². The number of primary amides is 1. The molecule has 1 saturated heterocycles. The van der Waals surface area contributed by atoms with Crippen molar-refractivity contribution in [2.24, 2.45) is 5.73 Å². The molecule has 1 aromatic carbocycles. The summed E-state index contributed by atoms with van der Waals surface area (Å²) in [6, 6.07) is 7.28. The molecule has 1 aromatic rings. The Morgan fingerprint density at radius 2 is 2.00 bits per heavy atom. The van der Waals surface area contributed by atoms with E-state index in [0.29, 0.717) is 6.42 Å². The Morgan fingerprint density at radius 3 is 2.62 bits per heavy atom. The number of nitrogens with one attached hydrogen (secondary N) is 1. The largest absolute Gasteiger partial charge is 0.481 e. The molecule has 0 radical (unpaired) electrons. The Bertz CT molecular complexity index is 857. The van der Waals surface area contributed by atoms with Gasteiger partial charge in [0.15, 0.2) is 0 Å². The van der Waals surface area contributed by atoms with Crippen LogP contribution in [-0.2, 0) is 30.3 Å². The van der Waals surface area contributed by atoms with E-state index in [-0.39, 0.29) is 49.5 Å². The molecule has 0 saturated carbocycles. The Kier molecular flexibility index (Phi) is 10.0. The molecule has 2 rings (SSSR count). The summed E-state index contributed by atoms with van der Waals surface area (Å²) in [5, 5.41) is 11.4. The second-order valence-electron chi connectivity index (χ2n) is 7.30. The summed E-state index contributed by atoms with van der Waals surface area (Å²) in [5.41, 5.74) is 6.33. The van der Waals surface area contributed by atoms with E-state index in [1.54, 1.807) is 0 Å². The van der Waals surface area contributed by atoms with Gasteiger partial charge in [-0.05, 0) is 12.0 Å². The molecule has 3 amide bonds. The molecular formula is C22H27N3O6S. The van der Waals surface area contributed by atoms with Gasteiger partial charge in [-0.15, -0.1) is 18.2 Å². The highest BCUT2D eigenvalue weighted by Gasteiger charge is 2.37. The Hall–Kier alpha value is -3.03. The van der Waals surface area contributed by atoms with E-state index in [2.05, 4.69) is 11.2 Å². The van der Waals surface area contributed by atoms with E-state index in [4.69, 9.17) is 22.0 Å². The summed E-state index contributed by atoms with van der Waals surface area (Å²) in [6.45, 7) is 0.332. The van der Waals surface area contributed by atoms with Crippen molar-refractivity contribution in [3.8, 4) is 12.3 Å². The van der Waals surface area contributed by atoms with Crippen LogP contribution >= 0.6 is 11.8 Å². The molecular weight excluding hydrogens is 434 g/mol. The lowest BCUT2D eigenvalue weighted by Gasteiger charge is -2.38. The molecule has 4 N–H and O–H groups in total. The number of piperidine rings is 1. The Labute approximate surface area is 191 Å². The fourth-order valence-electron chi connectivity index (χ4n) is 3.45. The summed E-state index contributed by atoms with van der Waals surface area (Å²) >= 11 is 0.958. The second kappa shape index (κ2) is 12.7. The van der Waals surface area contributed by atoms with Crippen LogP contribution < -0.4 is 11.1 Å². The van der Waals surface area contributed by atoms with Crippen LogP contribution in [0.5, 0.6) is 0 Å². The van der Waals surface area contributed by atoms with Crippen molar-refractivity contribution < 1.29 is 29.0 Å². The molecule has 10 heteroatoms. The number of terminal acetylenes is 1. The zero-order valence-electron chi connectivity index (χ0n) is 17.6. The van der Waals surface area contributed by atoms with Gasteiger partial charge in [-0.1, -0.05) is 36.3 Å². The molecule has 1 heterocycles. The van der Waals surface area contributed by atoms with Crippen LogP contribution in [0, 0.1) is 12.3 Å². The monoisotopic (exact) mass is 461 g/mol. The molecule has 1 aliphatic rings. The van der Waals surface area contributed by atoms with Crippen molar-refractivity contribution in [3.63, 3.8) is 0 Å². The maximum Gasteiger partial charge on any atom is 0.313 e. The first-order valence-corrected chi connectivity index (χ1v) is 11.2. The van der Waals surface area contributed by atoms with Gasteiger partial charge in [0.2, 0.25) is 17.7 Å². The third kappa shape index (κ3) is 7.90. The highest BCUT2D eigenvalue weighted by atomic mass is 32.2. The number of ether oxygens (including phenoxy) is 1. The number of carbonyl (C=O) groups is 4. The molecule has 0 aromatic heterocycles. The van der Waals surface area contributed by atoms with Crippen molar-refractivity contribution in [1.29, 1.82) is 0 Å². The van der Waals surface area contributed by atoms with E-state index in [0.717, 1.165) is 17.3 Å². The van der Waals surface area contributed by atoms with Gasteiger partial charge in [0.05, 0.1) is 17.6 Å². The molecule has 0 aliphatic carbocycles. The Morgan fingerprint density at radius 1 is 1.28 bits per heavy atom. The third-order valence-electron chi connectivity index (χ3n) is 4.97. The molecule has 3 atom stereocenters. The van der Waals surface area contributed by atoms with Crippen molar-refractivity contribution in [1.82, 2.24) is 10.2 Å². The number of carbonyl (C=O) groups excluding carboxylic acids is 3. The minimum absolute atomic E-state index is 0.0742. The van der Waals surface area contributed by atoms with E-state index in [1.807, 2.05) is 30.3 Å². The van der Waals surface area contributed by atoms with Crippen LogP contribution in [0.25, 0.3) is 0 Å². The van der Waals surface area contributed by atoms with E-state index in [1.165, 1.54) is 4.90 Å². The topological polar surface area (TPSA) is 139 Å². The average molecular weight is 462 g/mol. The molecule has 1 fully saturated rings. The summed E-state index contributed by atoms with van der Waals surface area (Å²) in [4.78, 5) is 49.9. The highest BCUT2D eigenvalue weighted by Crippen LogP contribution is 2.22. The van der Waals surface area contributed by atoms with Gasteiger partial charge < -0.3 is 25.8 Å². The fraction of sp³-hybridized carbons (Fsp3) is 0.455. The lowest BCUT2D eigenvalue weighted by Crippen LogP contribution is -2.58. The van der Waals surface area contributed by atoms with Gasteiger partial charge in [-0.3, -0.25) is 19.2 Å². The number of rotatable bonds is 11. The number of thioether (sulfide) groups is 1. The first kappa shape index (κ1) is 25.2. The van der Waals surface area contributed by atoms with E-state index >= 15 is 0 Å². The molecule has 32 heavy (non-hydrogen) atoms. The van der Waals surface area contributed by atoms with Gasteiger partial charge in [0.1, 0.15) is 18.7 Å². The van der Waals surface area contributed by atoms with Crippen LogP contribution in [0.2, 0.25) is 0 Å². The van der Waals surface area contributed by atoms with Gasteiger partial charge in [-0.25, -0.2) is 0 Å². The fourth-order valence-corrected chi connectivity index (χ4v) is 4.06. The zero-order chi connectivity index (χ0) is 23.5. The van der Waals surface area contributed by atoms with E-state index < -0.39 is 29.9 Å². The molecule has 0 bridgehead atoms. The van der Waals surface area contributed by atoms with Crippen LogP contribution in [0.1, 0.15) is 18.4 Å². The first-order chi connectivity index (χ1) is 15.3. The maximum atomic E-state index is 13.1. The second-order valence-corrected chi connectivity index (χ2v) is 8.29. The maximum absolute atomic E-state index is 13.1. The van der Waals surface area contributed by atoms with Crippen molar-refractivity contribution in [3.05, 3.63) is 35.9 Å². The van der Waals surface area contributed by atoms with Gasteiger partial charge in [0, 0.05) is 19.4 Å². The normalized spacial score (nSPS) is 18.9. The van der Waals surface area contributed by atoms with Gasteiger partial charge in [-0.2, -0.15) is 0 Å². The number of hydrogen-bond acceptors (Lipinski definition) is 6. The van der Waals surface area contributed by atoms with Crippen LogP contribution in [0.3, 0.4) is 0 Å². The first-order valence-electron chi connectivity index (χ1n) is 10.1. The predicted octanol–water partition coefficient (Wildman–Crippen LogP) is 0.0264. The molecule has 0 spiro atoms. The van der Waals surface area contributed by atoms with Gasteiger partial charge in [0.25, 0.3) is 0 Å².